The van der Waals surface area contributed by atoms with Crippen molar-refractivity contribution >= 4 is 33.8 Å². The highest BCUT2D eigenvalue weighted by Crippen LogP contribution is 2.20. The summed E-state index contributed by atoms with van der Waals surface area (Å²) in [5, 5.41) is 9.52. The summed E-state index contributed by atoms with van der Waals surface area (Å²) in [5.74, 6) is 0.942. The number of nitrogens with zero attached hydrogens (tertiary/aromatic N) is 2. The van der Waals surface area contributed by atoms with Crippen LogP contribution in [0.2, 0.25) is 0 Å². The Bertz CT molecular complexity index is 1200. The normalized spacial score (nSPS) is 11.1. The minimum absolute atomic E-state index is 0.0135. The Morgan fingerprint density at radius 1 is 1.23 bits per heavy atom. The highest BCUT2D eigenvalue weighted by molar-refractivity contribution is 7.92. The van der Waals surface area contributed by atoms with Crippen LogP contribution in [0, 0.1) is 4.77 Å². The van der Waals surface area contributed by atoms with Gasteiger partial charge in [0.1, 0.15) is 11.6 Å². The first kappa shape index (κ1) is 21.5. The van der Waals surface area contributed by atoms with Crippen molar-refractivity contribution in [2.75, 3.05) is 18.4 Å². The maximum atomic E-state index is 12.7. The fourth-order valence-electron chi connectivity index (χ4n) is 2.67. The SMILES string of the molecule is COc1ccc(NS(=O)(=O)c2cccc(C(=O)NCCc3n[nH]c(=S)n3C)c2)cc1. The predicted octanol–water partition coefficient (Wildman–Crippen LogP) is 2.26. The molecule has 0 bridgehead atoms. The molecule has 1 aromatic heterocycles. The van der Waals surface area contributed by atoms with E-state index in [4.69, 9.17) is 17.0 Å². The number of aromatic amines is 1. The second-order valence-corrected chi connectivity index (χ2v) is 8.44. The van der Waals surface area contributed by atoms with Crippen LogP contribution in [0.25, 0.3) is 0 Å². The topological polar surface area (TPSA) is 118 Å². The lowest BCUT2D eigenvalue weighted by Crippen LogP contribution is -2.26. The Labute approximate surface area is 179 Å². The molecule has 3 aromatic rings. The van der Waals surface area contributed by atoms with Gasteiger partial charge in [0.25, 0.3) is 15.9 Å². The standard InChI is InChI=1S/C19H21N5O4S2/c1-24-17(21-22-19(24)29)10-11-20-18(25)13-4-3-5-16(12-13)30(26,27)23-14-6-8-15(28-2)9-7-14/h3-9,12,23H,10-11H2,1-2H3,(H,20,25)(H,22,29). The summed E-state index contributed by atoms with van der Waals surface area (Å²) in [4.78, 5) is 12.4. The fraction of sp³-hybridized carbons (Fsp3) is 0.211. The van der Waals surface area contributed by atoms with Gasteiger partial charge in [-0.3, -0.25) is 14.6 Å². The molecule has 30 heavy (non-hydrogen) atoms. The maximum Gasteiger partial charge on any atom is 0.261 e. The number of anilines is 1. The number of ether oxygens (including phenoxy) is 1. The molecule has 0 fully saturated rings. The number of sulfonamides is 1. The number of hydrogen-bond acceptors (Lipinski definition) is 6. The lowest BCUT2D eigenvalue weighted by Gasteiger charge is -2.10. The Kier molecular flexibility index (Phi) is 6.53. The summed E-state index contributed by atoms with van der Waals surface area (Å²) < 4.78 is 35.1. The van der Waals surface area contributed by atoms with Crippen molar-refractivity contribution in [3.05, 3.63) is 64.7 Å². The number of methoxy groups -OCH3 is 1. The maximum absolute atomic E-state index is 12.7. The highest BCUT2D eigenvalue weighted by atomic mass is 32.2. The summed E-state index contributed by atoms with van der Waals surface area (Å²) >= 11 is 5.05. The van der Waals surface area contributed by atoms with E-state index in [0.29, 0.717) is 35.0 Å². The molecule has 0 unspecified atom stereocenters. The van der Waals surface area contributed by atoms with E-state index in [1.165, 1.54) is 25.3 Å². The van der Waals surface area contributed by atoms with Crippen molar-refractivity contribution in [2.24, 2.45) is 7.05 Å². The molecule has 0 aliphatic carbocycles. The molecule has 158 valence electrons. The van der Waals surface area contributed by atoms with Gasteiger partial charge in [-0.15, -0.1) is 0 Å². The lowest BCUT2D eigenvalue weighted by atomic mass is 10.2. The molecule has 3 N–H and O–H groups in total. The molecule has 3 rings (SSSR count). The minimum Gasteiger partial charge on any atom is -0.497 e. The van der Waals surface area contributed by atoms with Crippen LogP contribution in [-0.4, -0.2) is 42.7 Å². The Morgan fingerprint density at radius 2 is 1.97 bits per heavy atom. The van der Waals surface area contributed by atoms with Gasteiger partial charge < -0.3 is 14.6 Å². The van der Waals surface area contributed by atoms with Crippen LogP contribution in [0.1, 0.15) is 16.2 Å². The van der Waals surface area contributed by atoms with Gasteiger partial charge in [0.15, 0.2) is 4.77 Å². The first-order valence-corrected chi connectivity index (χ1v) is 10.8. The third-order valence-corrected chi connectivity index (χ3v) is 6.10. The van der Waals surface area contributed by atoms with E-state index in [9.17, 15) is 13.2 Å². The average Bonchev–Trinajstić information content (AvgIpc) is 3.06. The lowest BCUT2D eigenvalue weighted by molar-refractivity contribution is 0.0953. The van der Waals surface area contributed by atoms with E-state index >= 15 is 0 Å². The van der Waals surface area contributed by atoms with Crippen molar-refractivity contribution in [3.63, 3.8) is 0 Å². The van der Waals surface area contributed by atoms with Crippen LogP contribution >= 0.6 is 12.2 Å². The third-order valence-electron chi connectivity index (χ3n) is 4.36. The number of hydrogen-bond donors (Lipinski definition) is 3. The van der Waals surface area contributed by atoms with E-state index in [0.717, 1.165) is 0 Å². The highest BCUT2D eigenvalue weighted by Gasteiger charge is 2.17. The second-order valence-electron chi connectivity index (χ2n) is 6.37. The summed E-state index contributed by atoms with van der Waals surface area (Å²) in [5.41, 5.74) is 0.626. The Morgan fingerprint density at radius 3 is 2.60 bits per heavy atom. The zero-order chi connectivity index (χ0) is 21.7. The molecule has 0 saturated carbocycles. The van der Waals surface area contributed by atoms with E-state index in [1.807, 2.05) is 0 Å². The molecule has 0 saturated heterocycles. The van der Waals surface area contributed by atoms with E-state index < -0.39 is 10.0 Å². The molecule has 9 nitrogen and oxygen atoms in total. The van der Waals surface area contributed by atoms with Crippen LogP contribution in [0.4, 0.5) is 5.69 Å². The largest absolute Gasteiger partial charge is 0.497 e. The predicted molar refractivity (Wildman–Crippen MR) is 115 cm³/mol. The quantitative estimate of drug-likeness (QED) is 0.456. The molecule has 0 aliphatic heterocycles. The van der Waals surface area contributed by atoms with Gasteiger partial charge in [-0.25, -0.2) is 8.42 Å². The fourth-order valence-corrected chi connectivity index (χ4v) is 3.93. The monoisotopic (exact) mass is 447 g/mol. The van der Waals surface area contributed by atoms with Gasteiger partial charge >= 0.3 is 0 Å². The van der Waals surface area contributed by atoms with Crippen LogP contribution in [0.5, 0.6) is 5.75 Å². The molecule has 1 amide bonds. The third kappa shape index (κ3) is 5.05. The number of rotatable bonds is 8. The molecule has 0 spiro atoms. The summed E-state index contributed by atoms with van der Waals surface area (Å²) in [6.07, 6.45) is 0.479. The summed E-state index contributed by atoms with van der Waals surface area (Å²) in [6.45, 7) is 0.327. The number of carbonyl (C=O) groups excluding carboxylic acids is 1. The van der Waals surface area contributed by atoms with Gasteiger partial charge in [-0.1, -0.05) is 6.07 Å². The Balaban J connectivity index is 1.67. The van der Waals surface area contributed by atoms with Crippen LogP contribution in [0.3, 0.4) is 0 Å². The molecule has 11 heteroatoms. The van der Waals surface area contributed by atoms with Gasteiger partial charge in [0, 0.05) is 31.3 Å². The van der Waals surface area contributed by atoms with Crippen LogP contribution < -0.4 is 14.8 Å². The van der Waals surface area contributed by atoms with Crippen molar-refractivity contribution in [2.45, 2.75) is 11.3 Å². The number of nitrogens with one attached hydrogen (secondary N) is 3. The molecule has 0 atom stereocenters. The smallest absolute Gasteiger partial charge is 0.261 e. The van der Waals surface area contributed by atoms with Crippen LogP contribution in [0.15, 0.2) is 53.4 Å². The van der Waals surface area contributed by atoms with Crippen molar-refractivity contribution in [1.82, 2.24) is 20.1 Å². The molecular weight excluding hydrogens is 426 g/mol. The minimum atomic E-state index is -3.86. The van der Waals surface area contributed by atoms with Crippen molar-refractivity contribution in [3.8, 4) is 5.75 Å². The van der Waals surface area contributed by atoms with Gasteiger partial charge in [0.05, 0.1) is 12.0 Å². The number of carbonyl (C=O) groups is 1. The number of amides is 1. The molecule has 1 heterocycles. The molecular formula is C19H21N5O4S2. The number of H-pyrrole nitrogens is 1. The van der Waals surface area contributed by atoms with Gasteiger partial charge in [-0.05, 0) is 54.7 Å². The van der Waals surface area contributed by atoms with Gasteiger partial charge in [0.2, 0.25) is 0 Å². The van der Waals surface area contributed by atoms with Crippen LogP contribution in [-0.2, 0) is 23.5 Å². The number of benzene rings is 2. The first-order chi connectivity index (χ1) is 14.3. The van der Waals surface area contributed by atoms with E-state index in [1.54, 1.807) is 41.9 Å². The first-order valence-electron chi connectivity index (χ1n) is 8.95. The zero-order valence-electron chi connectivity index (χ0n) is 16.4. The summed E-state index contributed by atoms with van der Waals surface area (Å²) in [6, 6.07) is 12.3. The average molecular weight is 448 g/mol. The second kappa shape index (κ2) is 9.09. The van der Waals surface area contributed by atoms with Crippen molar-refractivity contribution in [1.29, 1.82) is 0 Å². The molecule has 0 aliphatic rings. The molecule has 0 radical (unpaired) electrons. The molecule has 2 aromatic carbocycles. The Hall–Kier alpha value is -3.18. The van der Waals surface area contributed by atoms with Crippen molar-refractivity contribution < 1.29 is 17.9 Å². The van der Waals surface area contributed by atoms with E-state index in [2.05, 4.69) is 20.2 Å². The van der Waals surface area contributed by atoms with Gasteiger partial charge in [-0.2, -0.15) is 5.10 Å². The van der Waals surface area contributed by atoms with E-state index in [-0.39, 0.29) is 16.4 Å². The summed E-state index contributed by atoms with van der Waals surface area (Å²) in [7, 11) is -0.542. The zero-order valence-corrected chi connectivity index (χ0v) is 18.0. The number of aromatic nitrogens is 3.